The van der Waals surface area contributed by atoms with E-state index in [1.54, 1.807) is 13.0 Å². The van der Waals surface area contributed by atoms with Crippen molar-refractivity contribution in [1.29, 1.82) is 0 Å². The number of H-pyrrole nitrogens is 1. The smallest absolute Gasteiger partial charge is 0.258 e. The first-order valence-electron chi connectivity index (χ1n) is 7.12. The third kappa shape index (κ3) is 4.86. The van der Waals surface area contributed by atoms with Crippen LogP contribution in [0.15, 0.2) is 23.0 Å². The van der Waals surface area contributed by atoms with Gasteiger partial charge in [0.2, 0.25) is 0 Å². The zero-order chi connectivity index (χ0) is 14.8. The Balaban J connectivity index is 0.000000573. The van der Waals surface area contributed by atoms with Crippen molar-refractivity contribution >= 4 is 10.9 Å². The van der Waals surface area contributed by atoms with E-state index in [2.05, 4.69) is 30.7 Å². The Labute approximate surface area is 116 Å². The van der Waals surface area contributed by atoms with E-state index in [1.807, 2.05) is 26.0 Å². The van der Waals surface area contributed by atoms with Gasteiger partial charge in [-0.3, -0.25) is 4.79 Å². The van der Waals surface area contributed by atoms with Crippen LogP contribution in [0.1, 0.15) is 52.4 Å². The number of nitrogens with one attached hydrogen (secondary N) is 1. The molecule has 19 heavy (non-hydrogen) atoms. The van der Waals surface area contributed by atoms with E-state index in [9.17, 15) is 4.79 Å². The van der Waals surface area contributed by atoms with Crippen molar-refractivity contribution in [3.8, 4) is 0 Å². The van der Waals surface area contributed by atoms with Crippen molar-refractivity contribution < 1.29 is 0 Å². The van der Waals surface area contributed by atoms with Crippen LogP contribution >= 0.6 is 0 Å². The van der Waals surface area contributed by atoms with Crippen LogP contribution in [0.4, 0.5) is 0 Å². The molecule has 0 saturated carbocycles. The average molecular weight is 262 g/mol. The van der Waals surface area contributed by atoms with E-state index in [1.165, 1.54) is 6.42 Å². The van der Waals surface area contributed by atoms with Crippen LogP contribution in [0.2, 0.25) is 0 Å². The molecule has 1 aromatic heterocycles. The lowest BCUT2D eigenvalue weighted by atomic mass is 10.1. The number of hydrogen-bond donors (Lipinski definition) is 1. The van der Waals surface area contributed by atoms with Crippen LogP contribution in [0.25, 0.3) is 10.9 Å². The molecule has 0 aliphatic carbocycles. The van der Waals surface area contributed by atoms with E-state index >= 15 is 0 Å². The molecule has 0 spiro atoms. The van der Waals surface area contributed by atoms with Gasteiger partial charge in [-0.05, 0) is 25.0 Å². The molecule has 3 heteroatoms. The quantitative estimate of drug-likeness (QED) is 0.835. The molecule has 0 amide bonds. The molecule has 3 nitrogen and oxygen atoms in total. The van der Waals surface area contributed by atoms with Gasteiger partial charge in [0.15, 0.2) is 0 Å². The molecule has 0 aliphatic rings. The maximum atomic E-state index is 11.6. The number of aromatic amines is 1. The lowest BCUT2D eigenvalue weighted by molar-refractivity contribution is 1.04. The number of aryl methyl sites for hydroxylation is 2. The second-order valence-corrected chi connectivity index (χ2v) is 4.03. The highest BCUT2D eigenvalue weighted by Gasteiger charge is 2.04. The Morgan fingerprint density at radius 1 is 1.16 bits per heavy atom. The fourth-order valence-corrected chi connectivity index (χ4v) is 1.62. The summed E-state index contributed by atoms with van der Waals surface area (Å²) in [6.45, 7) is 12.1. The summed E-state index contributed by atoms with van der Waals surface area (Å²) in [5.74, 6) is 0.670. The fraction of sp³-hybridized carbons (Fsp3) is 0.500. The average Bonchev–Trinajstić information content (AvgIpc) is 2.41. The third-order valence-electron chi connectivity index (χ3n) is 2.32. The zero-order valence-electron chi connectivity index (χ0n) is 13.0. The van der Waals surface area contributed by atoms with Gasteiger partial charge in [0, 0.05) is 0 Å². The van der Waals surface area contributed by atoms with Crippen LogP contribution < -0.4 is 5.56 Å². The number of fused-ring (bicyclic) bond motifs is 1. The number of rotatable bonds is 1. The summed E-state index contributed by atoms with van der Waals surface area (Å²) < 4.78 is 0. The highest BCUT2D eigenvalue weighted by atomic mass is 16.1. The molecule has 0 unspecified atom stereocenters. The van der Waals surface area contributed by atoms with Crippen LogP contribution in [0, 0.1) is 6.92 Å². The summed E-state index contributed by atoms with van der Waals surface area (Å²) >= 11 is 0. The van der Waals surface area contributed by atoms with Crippen molar-refractivity contribution in [1.82, 2.24) is 9.97 Å². The Bertz CT molecular complexity index is 544. The van der Waals surface area contributed by atoms with Crippen molar-refractivity contribution in [2.24, 2.45) is 0 Å². The topological polar surface area (TPSA) is 45.8 Å². The number of benzene rings is 1. The molecule has 1 N–H and O–H groups in total. The first-order valence-corrected chi connectivity index (χ1v) is 7.12. The van der Waals surface area contributed by atoms with Crippen molar-refractivity contribution in [3.05, 3.63) is 39.9 Å². The first-order chi connectivity index (χ1) is 9.13. The van der Waals surface area contributed by atoms with Gasteiger partial charge >= 0.3 is 0 Å². The van der Waals surface area contributed by atoms with Crippen molar-refractivity contribution in [2.75, 3.05) is 0 Å². The maximum Gasteiger partial charge on any atom is 0.258 e. The van der Waals surface area contributed by atoms with Gasteiger partial charge in [0.1, 0.15) is 5.82 Å². The van der Waals surface area contributed by atoms with Gasteiger partial charge in [-0.15, -0.1) is 0 Å². The minimum atomic E-state index is -0.0530. The number of hydrogen-bond acceptors (Lipinski definition) is 2. The molecule has 1 heterocycles. The van der Waals surface area contributed by atoms with Gasteiger partial charge in [0.25, 0.3) is 5.56 Å². The Hall–Kier alpha value is -1.64. The summed E-state index contributed by atoms with van der Waals surface area (Å²) in [6, 6.07) is 5.71. The first kappa shape index (κ1) is 17.4. The van der Waals surface area contributed by atoms with Crippen LogP contribution in [0.5, 0.6) is 0 Å². The molecule has 0 radical (unpaired) electrons. The summed E-state index contributed by atoms with van der Waals surface area (Å²) in [6.07, 6.45) is 2.15. The van der Waals surface area contributed by atoms with Crippen LogP contribution in [-0.2, 0) is 6.42 Å². The van der Waals surface area contributed by atoms with E-state index in [0.717, 1.165) is 17.5 Å². The highest BCUT2D eigenvalue weighted by molar-refractivity contribution is 5.80. The van der Waals surface area contributed by atoms with Crippen LogP contribution in [0.3, 0.4) is 0 Å². The number of aromatic nitrogens is 2. The fourth-order valence-electron chi connectivity index (χ4n) is 1.62. The van der Waals surface area contributed by atoms with Gasteiger partial charge < -0.3 is 4.98 Å². The predicted molar refractivity (Wildman–Crippen MR) is 83.8 cm³/mol. The molecule has 0 aliphatic heterocycles. The lowest BCUT2D eigenvalue weighted by Gasteiger charge is -2.02. The molecular formula is C16H26N2O. The van der Waals surface area contributed by atoms with E-state index in [4.69, 9.17) is 0 Å². The monoisotopic (exact) mass is 262 g/mol. The van der Waals surface area contributed by atoms with Gasteiger partial charge in [0.05, 0.1) is 10.9 Å². The second-order valence-electron chi connectivity index (χ2n) is 4.03. The van der Waals surface area contributed by atoms with Crippen molar-refractivity contribution in [3.63, 3.8) is 0 Å². The molecule has 2 rings (SSSR count). The van der Waals surface area contributed by atoms with E-state index in [-0.39, 0.29) is 5.56 Å². The molecule has 106 valence electrons. The third-order valence-corrected chi connectivity index (χ3v) is 2.32. The van der Waals surface area contributed by atoms with Gasteiger partial charge in [-0.2, -0.15) is 0 Å². The lowest BCUT2D eigenvalue weighted by Crippen LogP contribution is -2.10. The Morgan fingerprint density at radius 3 is 2.26 bits per heavy atom. The van der Waals surface area contributed by atoms with E-state index in [0.29, 0.717) is 11.2 Å². The van der Waals surface area contributed by atoms with Crippen LogP contribution in [-0.4, -0.2) is 9.97 Å². The summed E-state index contributed by atoms with van der Waals surface area (Å²) in [5, 5.41) is 0.676. The SMILES string of the molecule is CC.CCC.CCc1cccc2c(=O)[nH]c(C)nc12. The number of nitrogens with zero attached hydrogens (tertiary/aromatic N) is 1. The molecule has 2 aromatic rings. The summed E-state index contributed by atoms with van der Waals surface area (Å²) in [4.78, 5) is 18.6. The minimum absolute atomic E-state index is 0.0530. The predicted octanol–water partition coefficient (Wildman–Crippen LogP) is 4.24. The number of para-hydroxylation sites is 1. The zero-order valence-corrected chi connectivity index (χ0v) is 13.0. The molecule has 0 atom stereocenters. The van der Waals surface area contributed by atoms with E-state index < -0.39 is 0 Å². The standard InChI is InChI=1S/C11H12N2O.C3H8.C2H6/c1-3-8-5-4-6-9-10(8)12-7(2)13-11(9)14;1-3-2;1-2/h4-6H,3H2,1-2H3,(H,12,13,14);3H2,1-2H3;1-2H3. The minimum Gasteiger partial charge on any atom is -0.310 e. The molecule has 0 saturated heterocycles. The largest absolute Gasteiger partial charge is 0.310 e. The van der Waals surface area contributed by atoms with Gasteiger partial charge in [-0.1, -0.05) is 53.2 Å². The van der Waals surface area contributed by atoms with Gasteiger partial charge in [-0.25, -0.2) is 4.98 Å². The molecular weight excluding hydrogens is 236 g/mol. The summed E-state index contributed by atoms with van der Waals surface area (Å²) in [7, 11) is 0. The Morgan fingerprint density at radius 2 is 1.74 bits per heavy atom. The second kappa shape index (κ2) is 9.31. The molecule has 0 fully saturated rings. The maximum absolute atomic E-state index is 11.6. The van der Waals surface area contributed by atoms with Crippen molar-refractivity contribution in [2.45, 2.75) is 54.4 Å². The summed E-state index contributed by atoms with van der Waals surface area (Å²) in [5.41, 5.74) is 1.90. The Kier molecular flexibility index (Phi) is 8.51. The highest BCUT2D eigenvalue weighted by Crippen LogP contribution is 2.13. The molecule has 0 bridgehead atoms. The molecule has 1 aromatic carbocycles. The normalized spacial score (nSPS) is 9.16.